The average molecular weight is 459 g/mol. The molecule has 2 aromatic carbocycles. The van der Waals surface area contributed by atoms with E-state index in [4.69, 9.17) is 9.72 Å². The van der Waals surface area contributed by atoms with Gasteiger partial charge in [0.2, 0.25) is 5.78 Å². The number of esters is 1. The summed E-state index contributed by atoms with van der Waals surface area (Å²) in [5.74, 6) is -0.602. The number of imidazole rings is 1. The van der Waals surface area contributed by atoms with Crippen LogP contribution in [-0.4, -0.2) is 33.7 Å². The SMILES string of the molecule is C=C(C)c1nc(CCC)n(Cc2ccc(-c3ccccc3C(=O)C(C)=O)cc2)c1C(=O)OCC. The molecule has 0 amide bonds. The van der Waals surface area contributed by atoms with Crippen LogP contribution in [-0.2, 0) is 22.5 Å². The molecule has 0 atom stereocenters. The molecule has 0 aliphatic rings. The molecule has 0 radical (unpaired) electrons. The van der Waals surface area contributed by atoms with Crippen LogP contribution in [0.15, 0.2) is 55.1 Å². The molecule has 0 saturated heterocycles. The van der Waals surface area contributed by atoms with Crippen molar-refractivity contribution in [2.45, 2.75) is 47.1 Å². The van der Waals surface area contributed by atoms with E-state index in [9.17, 15) is 14.4 Å². The van der Waals surface area contributed by atoms with Gasteiger partial charge < -0.3 is 9.30 Å². The van der Waals surface area contributed by atoms with Crippen LogP contribution in [0.2, 0.25) is 0 Å². The summed E-state index contributed by atoms with van der Waals surface area (Å²) in [6.07, 6.45) is 1.60. The molecule has 0 aliphatic heterocycles. The maximum Gasteiger partial charge on any atom is 0.357 e. The predicted octanol–water partition coefficient (Wildman–Crippen LogP) is 5.53. The molecule has 34 heavy (non-hydrogen) atoms. The number of carbonyl (C=O) groups is 3. The molecule has 176 valence electrons. The first-order chi connectivity index (χ1) is 16.3. The van der Waals surface area contributed by atoms with Gasteiger partial charge in [-0.15, -0.1) is 0 Å². The Morgan fingerprint density at radius 3 is 2.26 bits per heavy atom. The van der Waals surface area contributed by atoms with Crippen molar-refractivity contribution >= 4 is 23.1 Å². The Kier molecular flexibility index (Phi) is 7.95. The van der Waals surface area contributed by atoms with Gasteiger partial charge in [0.25, 0.3) is 0 Å². The molecule has 0 aliphatic carbocycles. The van der Waals surface area contributed by atoms with E-state index < -0.39 is 17.5 Å². The number of carbonyl (C=O) groups excluding carboxylic acids is 3. The zero-order chi connectivity index (χ0) is 24.8. The molecule has 3 aromatic rings. The number of ether oxygens (including phenoxy) is 1. The van der Waals surface area contributed by atoms with Crippen LogP contribution < -0.4 is 0 Å². The summed E-state index contributed by atoms with van der Waals surface area (Å²) in [4.78, 5) is 41.5. The van der Waals surface area contributed by atoms with Crippen LogP contribution in [0, 0.1) is 0 Å². The van der Waals surface area contributed by atoms with E-state index in [1.54, 1.807) is 19.1 Å². The molecular formula is C28H30N2O4. The molecule has 0 N–H and O–H groups in total. The first-order valence-corrected chi connectivity index (χ1v) is 11.4. The van der Waals surface area contributed by atoms with Crippen LogP contribution in [0.3, 0.4) is 0 Å². The lowest BCUT2D eigenvalue weighted by Gasteiger charge is -2.13. The number of hydrogen-bond donors (Lipinski definition) is 0. The summed E-state index contributed by atoms with van der Waals surface area (Å²) in [6, 6.07) is 14.8. The van der Waals surface area contributed by atoms with Gasteiger partial charge in [-0.2, -0.15) is 0 Å². The lowest BCUT2D eigenvalue weighted by Crippen LogP contribution is -2.16. The van der Waals surface area contributed by atoms with Gasteiger partial charge >= 0.3 is 5.97 Å². The van der Waals surface area contributed by atoms with Crippen molar-refractivity contribution in [1.82, 2.24) is 9.55 Å². The van der Waals surface area contributed by atoms with Crippen molar-refractivity contribution in [3.63, 3.8) is 0 Å². The molecule has 0 bridgehead atoms. The first-order valence-electron chi connectivity index (χ1n) is 11.4. The lowest BCUT2D eigenvalue weighted by atomic mass is 9.95. The van der Waals surface area contributed by atoms with E-state index in [1.165, 1.54) is 6.92 Å². The van der Waals surface area contributed by atoms with Gasteiger partial charge in [-0.25, -0.2) is 9.78 Å². The van der Waals surface area contributed by atoms with Crippen molar-refractivity contribution in [2.24, 2.45) is 0 Å². The normalized spacial score (nSPS) is 10.7. The van der Waals surface area contributed by atoms with Gasteiger partial charge in [-0.1, -0.05) is 62.0 Å². The zero-order valence-electron chi connectivity index (χ0n) is 20.2. The van der Waals surface area contributed by atoms with Crippen molar-refractivity contribution in [3.05, 3.63) is 83.4 Å². The highest BCUT2D eigenvalue weighted by molar-refractivity contribution is 6.44. The van der Waals surface area contributed by atoms with Gasteiger partial charge in [0.1, 0.15) is 5.82 Å². The third-order valence-corrected chi connectivity index (χ3v) is 5.49. The minimum Gasteiger partial charge on any atom is -0.461 e. The van der Waals surface area contributed by atoms with Crippen LogP contribution >= 0.6 is 0 Å². The number of Topliss-reactive ketones (excluding diaryl/α,β-unsaturated/α-hetero) is 2. The van der Waals surface area contributed by atoms with Crippen LogP contribution in [0.4, 0.5) is 0 Å². The molecule has 0 spiro atoms. The number of nitrogens with zero attached hydrogens (tertiary/aromatic N) is 2. The van der Waals surface area contributed by atoms with E-state index in [0.29, 0.717) is 34.6 Å². The Morgan fingerprint density at radius 2 is 1.68 bits per heavy atom. The summed E-state index contributed by atoms with van der Waals surface area (Å²) < 4.78 is 7.23. The zero-order valence-corrected chi connectivity index (χ0v) is 20.2. The third-order valence-electron chi connectivity index (χ3n) is 5.49. The number of aryl methyl sites for hydroxylation is 1. The predicted molar refractivity (Wildman–Crippen MR) is 133 cm³/mol. The molecule has 3 rings (SSSR count). The number of allylic oxidation sites excluding steroid dienone is 1. The second kappa shape index (κ2) is 10.9. The Hall–Kier alpha value is -3.80. The maximum absolute atomic E-state index is 12.8. The Labute approximate surface area is 200 Å². The molecule has 0 unspecified atom stereocenters. The lowest BCUT2D eigenvalue weighted by molar-refractivity contribution is -0.113. The number of hydrogen-bond acceptors (Lipinski definition) is 5. The highest BCUT2D eigenvalue weighted by Crippen LogP contribution is 2.26. The molecule has 1 heterocycles. The molecule has 6 nitrogen and oxygen atoms in total. The standard InChI is InChI=1S/C28H30N2O4/c1-6-10-24-29-25(18(3)4)26(28(33)34-7-2)30(24)17-20-13-15-21(16-14-20)22-11-8-9-12-23(22)27(32)19(5)31/h8-9,11-16H,3,6-7,10,17H2,1-2,4-5H3. The summed E-state index contributed by atoms with van der Waals surface area (Å²) >= 11 is 0. The molecule has 0 saturated carbocycles. The second-order valence-electron chi connectivity index (χ2n) is 8.19. The summed E-state index contributed by atoms with van der Waals surface area (Å²) in [5, 5.41) is 0. The van der Waals surface area contributed by atoms with E-state index in [2.05, 4.69) is 13.5 Å². The number of rotatable bonds is 10. The fraction of sp³-hybridized carbons (Fsp3) is 0.286. The monoisotopic (exact) mass is 458 g/mol. The molecule has 6 heteroatoms. The van der Waals surface area contributed by atoms with Crippen LogP contribution in [0.25, 0.3) is 16.7 Å². The third kappa shape index (κ3) is 5.22. The maximum atomic E-state index is 12.8. The van der Waals surface area contributed by atoms with Gasteiger partial charge in [0, 0.05) is 25.5 Å². The average Bonchev–Trinajstić information content (AvgIpc) is 3.18. The summed E-state index contributed by atoms with van der Waals surface area (Å²) in [5.41, 5.74) is 4.59. The largest absolute Gasteiger partial charge is 0.461 e. The van der Waals surface area contributed by atoms with Gasteiger partial charge in [-0.3, -0.25) is 9.59 Å². The van der Waals surface area contributed by atoms with E-state index in [1.807, 2.05) is 47.9 Å². The van der Waals surface area contributed by atoms with E-state index >= 15 is 0 Å². The minimum absolute atomic E-state index is 0.274. The van der Waals surface area contributed by atoms with Gasteiger partial charge in [-0.05, 0) is 42.5 Å². The van der Waals surface area contributed by atoms with Crippen LogP contribution in [0.5, 0.6) is 0 Å². The number of ketones is 2. The highest BCUT2D eigenvalue weighted by Gasteiger charge is 2.24. The highest BCUT2D eigenvalue weighted by atomic mass is 16.5. The molecule has 0 fully saturated rings. The Balaban J connectivity index is 2.01. The van der Waals surface area contributed by atoms with Crippen molar-refractivity contribution in [2.75, 3.05) is 6.61 Å². The minimum atomic E-state index is -0.506. The van der Waals surface area contributed by atoms with Crippen molar-refractivity contribution in [3.8, 4) is 11.1 Å². The topological polar surface area (TPSA) is 78.3 Å². The Morgan fingerprint density at radius 1 is 1.00 bits per heavy atom. The van der Waals surface area contributed by atoms with E-state index in [-0.39, 0.29) is 6.61 Å². The second-order valence-corrected chi connectivity index (χ2v) is 8.19. The summed E-state index contributed by atoms with van der Waals surface area (Å²) in [6.45, 7) is 11.7. The molecular weight excluding hydrogens is 428 g/mol. The van der Waals surface area contributed by atoms with Crippen molar-refractivity contribution in [1.29, 1.82) is 0 Å². The van der Waals surface area contributed by atoms with Gasteiger partial charge in [0.15, 0.2) is 11.5 Å². The Bertz CT molecular complexity index is 1240. The van der Waals surface area contributed by atoms with E-state index in [0.717, 1.165) is 29.8 Å². The van der Waals surface area contributed by atoms with Crippen molar-refractivity contribution < 1.29 is 19.1 Å². The smallest absolute Gasteiger partial charge is 0.357 e. The van der Waals surface area contributed by atoms with Crippen LogP contribution in [0.1, 0.15) is 72.0 Å². The quantitative estimate of drug-likeness (QED) is 0.227. The first kappa shape index (κ1) is 24.8. The number of benzene rings is 2. The number of aromatic nitrogens is 2. The summed E-state index contributed by atoms with van der Waals surface area (Å²) in [7, 11) is 0. The fourth-order valence-corrected chi connectivity index (χ4v) is 3.88. The van der Waals surface area contributed by atoms with Gasteiger partial charge in [0.05, 0.1) is 12.3 Å². The fourth-order valence-electron chi connectivity index (χ4n) is 3.88. The molecule has 1 aromatic heterocycles.